The molecule has 19 heavy (non-hydrogen) atoms. The van der Waals surface area contributed by atoms with Gasteiger partial charge in [-0.15, -0.1) is 12.4 Å². The molecule has 0 amide bonds. The van der Waals surface area contributed by atoms with Gasteiger partial charge in [0, 0.05) is 12.8 Å². The Balaban J connectivity index is 0.00000133. The van der Waals surface area contributed by atoms with E-state index in [1.54, 1.807) is 0 Å². The molecule has 0 radical (unpaired) electrons. The Bertz CT molecular complexity index is 397. The lowest BCUT2D eigenvalue weighted by Crippen LogP contribution is -2.35. The van der Waals surface area contributed by atoms with Gasteiger partial charge in [0.25, 0.3) is 0 Å². The summed E-state index contributed by atoms with van der Waals surface area (Å²) in [6, 6.07) is 0. The lowest BCUT2D eigenvalue weighted by molar-refractivity contribution is 0.177. The molecule has 0 atom stereocenters. The summed E-state index contributed by atoms with van der Waals surface area (Å²) in [5.74, 6) is 2.52. The predicted molar refractivity (Wildman–Crippen MR) is 76.3 cm³/mol. The first-order valence-electron chi connectivity index (χ1n) is 7.31. The van der Waals surface area contributed by atoms with Crippen molar-refractivity contribution in [3.8, 4) is 0 Å². The van der Waals surface area contributed by atoms with Gasteiger partial charge in [0.1, 0.15) is 0 Å². The molecule has 0 aromatic carbocycles. The van der Waals surface area contributed by atoms with Crippen LogP contribution in [0.2, 0.25) is 0 Å². The highest BCUT2D eigenvalue weighted by molar-refractivity contribution is 5.85. The van der Waals surface area contributed by atoms with Crippen molar-refractivity contribution in [3.63, 3.8) is 0 Å². The minimum absolute atomic E-state index is 0. The van der Waals surface area contributed by atoms with E-state index in [-0.39, 0.29) is 17.8 Å². The third kappa shape index (κ3) is 3.69. The first-order valence-corrected chi connectivity index (χ1v) is 7.31. The average Bonchev–Trinajstić information content (AvgIpc) is 3.10. The molecule has 108 valence electrons. The molecule has 2 saturated carbocycles. The van der Waals surface area contributed by atoms with Gasteiger partial charge in [0.2, 0.25) is 5.89 Å². The van der Waals surface area contributed by atoms with Crippen LogP contribution in [0.25, 0.3) is 0 Å². The van der Waals surface area contributed by atoms with Crippen molar-refractivity contribution in [1.29, 1.82) is 0 Å². The highest BCUT2D eigenvalue weighted by Crippen LogP contribution is 2.38. The molecular formula is C14H24ClN3O. The summed E-state index contributed by atoms with van der Waals surface area (Å²) >= 11 is 0. The Morgan fingerprint density at radius 2 is 1.95 bits per heavy atom. The molecule has 0 spiro atoms. The second kappa shape index (κ2) is 6.23. The van der Waals surface area contributed by atoms with Gasteiger partial charge in [-0.2, -0.15) is 4.98 Å². The minimum atomic E-state index is 0. The summed E-state index contributed by atoms with van der Waals surface area (Å²) in [6.45, 7) is 0.743. The van der Waals surface area contributed by atoms with Crippen LogP contribution in [0.3, 0.4) is 0 Å². The molecule has 4 nitrogen and oxygen atoms in total. The molecular weight excluding hydrogens is 262 g/mol. The maximum atomic E-state index is 5.99. The monoisotopic (exact) mass is 285 g/mol. The van der Waals surface area contributed by atoms with Crippen LogP contribution >= 0.6 is 12.4 Å². The van der Waals surface area contributed by atoms with Gasteiger partial charge < -0.3 is 10.3 Å². The zero-order valence-corrected chi connectivity index (χ0v) is 12.3. The summed E-state index contributed by atoms with van der Waals surface area (Å²) in [4.78, 5) is 4.54. The molecule has 2 N–H and O–H groups in total. The third-order valence-electron chi connectivity index (χ3n) is 4.55. The quantitative estimate of drug-likeness (QED) is 0.903. The molecule has 1 heterocycles. The third-order valence-corrected chi connectivity index (χ3v) is 4.55. The van der Waals surface area contributed by atoms with Crippen LogP contribution in [-0.2, 0) is 12.8 Å². The molecule has 5 heteroatoms. The number of rotatable bonds is 5. The SMILES string of the molecule is Cl.NCC1(Cc2nc(CC3CC3)no2)CCCCC1. The van der Waals surface area contributed by atoms with Crippen molar-refractivity contribution in [2.75, 3.05) is 6.54 Å². The first-order chi connectivity index (χ1) is 8.80. The topological polar surface area (TPSA) is 64.9 Å². The lowest BCUT2D eigenvalue weighted by atomic mass is 9.72. The molecule has 2 aliphatic rings. The number of hydrogen-bond donors (Lipinski definition) is 1. The maximum absolute atomic E-state index is 5.99. The second-order valence-electron chi connectivity index (χ2n) is 6.19. The van der Waals surface area contributed by atoms with Gasteiger partial charge in [-0.1, -0.05) is 24.4 Å². The van der Waals surface area contributed by atoms with E-state index in [1.165, 1.54) is 44.9 Å². The van der Waals surface area contributed by atoms with Crippen LogP contribution in [0, 0.1) is 11.3 Å². The van der Waals surface area contributed by atoms with Crippen LogP contribution in [0.1, 0.15) is 56.7 Å². The van der Waals surface area contributed by atoms with Gasteiger partial charge >= 0.3 is 0 Å². The van der Waals surface area contributed by atoms with E-state index in [9.17, 15) is 0 Å². The van der Waals surface area contributed by atoms with E-state index in [1.807, 2.05) is 0 Å². The fraction of sp³-hybridized carbons (Fsp3) is 0.857. The standard InChI is InChI=1S/C14H23N3O.ClH/c15-10-14(6-2-1-3-7-14)9-13-16-12(17-18-13)8-11-4-5-11;/h11H,1-10,15H2;1H. The van der Waals surface area contributed by atoms with Gasteiger partial charge in [0.05, 0.1) is 0 Å². The fourth-order valence-corrected chi connectivity index (χ4v) is 3.10. The summed E-state index contributed by atoms with van der Waals surface area (Å²) in [7, 11) is 0. The summed E-state index contributed by atoms with van der Waals surface area (Å²) in [6.07, 6.45) is 10.9. The number of nitrogens with zero attached hydrogens (tertiary/aromatic N) is 2. The Morgan fingerprint density at radius 1 is 1.21 bits per heavy atom. The highest BCUT2D eigenvalue weighted by Gasteiger charge is 2.33. The second-order valence-corrected chi connectivity index (χ2v) is 6.19. The van der Waals surface area contributed by atoms with E-state index in [2.05, 4.69) is 10.1 Å². The molecule has 1 aromatic heterocycles. The van der Waals surface area contributed by atoms with Crippen molar-refractivity contribution in [2.24, 2.45) is 17.1 Å². The summed E-state index contributed by atoms with van der Waals surface area (Å²) in [5.41, 5.74) is 6.22. The fourth-order valence-electron chi connectivity index (χ4n) is 3.10. The Labute approximate surface area is 120 Å². The molecule has 0 saturated heterocycles. The van der Waals surface area contributed by atoms with Crippen LogP contribution < -0.4 is 5.73 Å². The minimum Gasteiger partial charge on any atom is -0.339 e. The molecule has 0 bridgehead atoms. The zero-order valence-electron chi connectivity index (χ0n) is 11.4. The number of aromatic nitrogens is 2. The Hall–Kier alpha value is -0.610. The van der Waals surface area contributed by atoms with Crippen molar-refractivity contribution in [1.82, 2.24) is 10.1 Å². The highest BCUT2D eigenvalue weighted by atomic mass is 35.5. The largest absolute Gasteiger partial charge is 0.339 e. The smallest absolute Gasteiger partial charge is 0.227 e. The molecule has 1 aromatic rings. The molecule has 3 rings (SSSR count). The molecule has 0 aliphatic heterocycles. The van der Waals surface area contributed by atoms with Gasteiger partial charge in [-0.05, 0) is 43.6 Å². The van der Waals surface area contributed by atoms with E-state index in [0.29, 0.717) is 0 Å². The van der Waals surface area contributed by atoms with Gasteiger partial charge in [-0.3, -0.25) is 0 Å². The molecule has 2 aliphatic carbocycles. The van der Waals surface area contributed by atoms with Crippen molar-refractivity contribution in [3.05, 3.63) is 11.7 Å². The zero-order chi connectivity index (χ0) is 12.4. The van der Waals surface area contributed by atoms with Crippen molar-refractivity contribution in [2.45, 2.75) is 57.8 Å². The van der Waals surface area contributed by atoms with E-state index in [4.69, 9.17) is 10.3 Å². The van der Waals surface area contributed by atoms with Crippen LogP contribution in [0.4, 0.5) is 0 Å². The lowest BCUT2D eigenvalue weighted by Gasteiger charge is -2.34. The maximum Gasteiger partial charge on any atom is 0.227 e. The molecule has 0 unspecified atom stereocenters. The Kier molecular flexibility index (Phi) is 4.85. The molecule has 2 fully saturated rings. The van der Waals surface area contributed by atoms with E-state index >= 15 is 0 Å². The van der Waals surface area contributed by atoms with Crippen molar-refractivity contribution < 1.29 is 4.52 Å². The number of halogens is 1. The Morgan fingerprint density at radius 3 is 2.58 bits per heavy atom. The van der Waals surface area contributed by atoms with E-state index < -0.39 is 0 Å². The normalized spacial score (nSPS) is 21.9. The predicted octanol–water partition coefficient (Wildman–Crippen LogP) is 2.90. The summed E-state index contributed by atoms with van der Waals surface area (Å²) in [5, 5.41) is 4.10. The van der Waals surface area contributed by atoms with Crippen LogP contribution in [0.5, 0.6) is 0 Å². The van der Waals surface area contributed by atoms with Crippen LogP contribution in [0.15, 0.2) is 4.52 Å². The van der Waals surface area contributed by atoms with Gasteiger partial charge in [0.15, 0.2) is 5.82 Å². The van der Waals surface area contributed by atoms with Crippen molar-refractivity contribution >= 4 is 12.4 Å². The number of hydrogen-bond acceptors (Lipinski definition) is 4. The van der Waals surface area contributed by atoms with Gasteiger partial charge in [-0.25, -0.2) is 0 Å². The number of nitrogens with two attached hydrogens (primary N) is 1. The van der Waals surface area contributed by atoms with E-state index in [0.717, 1.165) is 37.0 Å². The summed E-state index contributed by atoms with van der Waals surface area (Å²) < 4.78 is 5.41. The first kappa shape index (κ1) is 14.8. The van der Waals surface area contributed by atoms with Crippen LogP contribution in [-0.4, -0.2) is 16.7 Å². The average molecular weight is 286 g/mol.